The second-order valence-corrected chi connectivity index (χ2v) is 5.95. The van der Waals surface area contributed by atoms with Crippen molar-refractivity contribution >= 4 is 39.3 Å². The van der Waals surface area contributed by atoms with Crippen LogP contribution in [0.4, 0.5) is 5.69 Å². The van der Waals surface area contributed by atoms with Gasteiger partial charge in [0.05, 0.1) is 12.1 Å². The Morgan fingerprint density at radius 2 is 2.04 bits per heavy atom. The maximum absolute atomic E-state index is 11.9. The van der Waals surface area contributed by atoms with E-state index in [0.29, 0.717) is 15.9 Å². The van der Waals surface area contributed by atoms with Gasteiger partial charge in [0, 0.05) is 10.7 Å². The van der Waals surface area contributed by atoms with Crippen molar-refractivity contribution in [3.8, 4) is 5.75 Å². The number of aromatic nitrogens is 1. The number of benzene rings is 1. The maximum atomic E-state index is 11.9. The molecule has 0 fully saturated rings. The minimum Gasteiger partial charge on any atom is -0.478 e. The van der Waals surface area contributed by atoms with Crippen LogP contribution in [0, 0.1) is 0 Å². The van der Waals surface area contributed by atoms with Crippen LogP contribution in [0.1, 0.15) is 16.9 Å². The summed E-state index contributed by atoms with van der Waals surface area (Å²) in [5, 5.41) is 2.67. The van der Waals surface area contributed by atoms with Crippen molar-refractivity contribution in [2.24, 2.45) is 0 Å². The average Bonchev–Trinajstić information content (AvgIpc) is 3.00. The summed E-state index contributed by atoms with van der Waals surface area (Å²) >= 11 is 3.21. The van der Waals surface area contributed by atoms with Gasteiger partial charge in [-0.1, -0.05) is 12.1 Å². The Bertz CT molecular complexity index is 804. The fourth-order valence-electron chi connectivity index (χ4n) is 2.14. The number of carbonyl (C=O) groups excluding carboxylic acids is 3. The van der Waals surface area contributed by atoms with Gasteiger partial charge in [0.25, 0.3) is 11.8 Å². The van der Waals surface area contributed by atoms with Crippen LogP contribution < -0.4 is 20.9 Å². The zero-order valence-corrected chi connectivity index (χ0v) is 13.8. The van der Waals surface area contributed by atoms with Crippen LogP contribution in [0.15, 0.2) is 41.0 Å². The third-order valence-corrected chi connectivity index (χ3v) is 3.74. The molecule has 2 heterocycles. The number of halogens is 1. The van der Waals surface area contributed by atoms with Gasteiger partial charge in [0.15, 0.2) is 6.10 Å². The standard InChI is InChI=1S/C15H13BrN4O4/c16-8-5-10(17-7-8)14(22)20-19-13(21)6-12-15(23)18-9-3-1-2-4-11(9)24-12/h1-5,7,12,17H,6H2,(H,18,23)(H,19,21)(H,20,22)/t12-/m1/s1. The molecule has 4 N–H and O–H groups in total. The molecule has 1 aromatic carbocycles. The first-order valence-corrected chi connectivity index (χ1v) is 7.82. The van der Waals surface area contributed by atoms with E-state index in [1.165, 1.54) is 0 Å². The summed E-state index contributed by atoms with van der Waals surface area (Å²) in [6.07, 6.45) is 0.403. The van der Waals surface area contributed by atoms with Gasteiger partial charge >= 0.3 is 0 Å². The summed E-state index contributed by atoms with van der Waals surface area (Å²) in [4.78, 5) is 38.4. The molecule has 0 aliphatic carbocycles. The van der Waals surface area contributed by atoms with E-state index in [9.17, 15) is 14.4 Å². The van der Waals surface area contributed by atoms with Crippen LogP contribution >= 0.6 is 15.9 Å². The molecule has 0 spiro atoms. The zero-order valence-electron chi connectivity index (χ0n) is 12.3. The minimum absolute atomic E-state index is 0.227. The second-order valence-electron chi connectivity index (χ2n) is 5.03. The minimum atomic E-state index is -0.962. The molecule has 3 rings (SSSR count). The zero-order chi connectivity index (χ0) is 17.1. The highest BCUT2D eigenvalue weighted by Gasteiger charge is 2.29. The van der Waals surface area contributed by atoms with Gasteiger partial charge in [-0.25, -0.2) is 0 Å². The number of carbonyl (C=O) groups is 3. The number of anilines is 1. The molecule has 1 aromatic heterocycles. The predicted octanol–water partition coefficient (Wildman–Crippen LogP) is 1.33. The van der Waals surface area contributed by atoms with Gasteiger partial charge in [-0.3, -0.25) is 25.2 Å². The number of rotatable bonds is 3. The van der Waals surface area contributed by atoms with Crippen LogP contribution in [0.2, 0.25) is 0 Å². The highest BCUT2D eigenvalue weighted by Crippen LogP contribution is 2.29. The molecule has 124 valence electrons. The summed E-state index contributed by atoms with van der Waals surface area (Å²) < 4.78 is 6.22. The van der Waals surface area contributed by atoms with E-state index in [4.69, 9.17) is 4.74 Å². The lowest BCUT2D eigenvalue weighted by atomic mass is 10.1. The quantitative estimate of drug-likeness (QED) is 0.590. The van der Waals surface area contributed by atoms with E-state index < -0.39 is 23.8 Å². The molecule has 0 unspecified atom stereocenters. The van der Waals surface area contributed by atoms with Crippen molar-refractivity contribution in [3.05, 3.63) is 46.7 Å². The SMILES string of the molecule is O=C(C[C@H]1Oc2ccccc2NC1=O)NNC(=O)c1cc(Br)c[nH]1. The number of fused-ring (bicyclic) bond motifs is 1. The number of aromatic amines is 1. The topological polar surface area (TPSA) is 112 Å². The Hall–Kier alpha value is -2.81. The first kappa shape index (κ1) is 16.1. The first-order valence-electron chi connectivity index (χ1n) is 7.02. The van der Waals surface area contributed by atoms with Crippen LogP contribution in [-0.4, -0.2) is 28.8 Å². The second kappa shape index (κ2) is 6.75. The molecular formula is C15H13BrN4O4. The first-order chi connectivity index (χ1) is 11.5. The maximum Gasteiger partial charge on any atom is 0.286 e. The van der Waals surface area contributed by atoms with E-state index in [1.54, 1.807) is 36.5 Å². The Balaban J connectivity index is 1.54. The third-order valence-electron chi connectivity index (χ3n) is 3.29. The molecule has 0 saturated heterocycles. The number of hydrazine groups is 1. The number of ether oxygens (including phenoxy) is 1. The normalized spacial score (nSPS) is 15.7. The van der Waals surface area contributed by atoms with Gasteiger partial charge in [0.1, 0.15) is 11.4 Å². The summed E-state index contributed by atoms with van der Waals surface area (Å²) in [6, 6.07) is 8.51. The summed E-state index contributed by atoms with van der Waals surface area (Å²) in [5.41, 5.74) is 5.35. The van der Waals surface area contributed by atoms with E-state index in [0.717, 1.165) is 0 Å². The molecule has 9 heteroatoms. The number of nitrogens with one attached hydrogen (secondary N) is 4. The van der Waals surface area contributed by atoms with Crippen molar-refractivity contribution in [2.45, 2.75) is 12.5 Å². The lowest BCUT2D eigenvalue weighted by Crippen LogP contribution is -2.46. The Morgan fingerprint density at radius 3 is 2.79 bits per heavy atom. The highest BCUT2D eigenvalue weighted by molar-refractivity contribution is 9.10. The van der Waals surface area contributed by atoms with Gasteiger partial charge in [0.2, 0.25) is 5.91 Å². The Labute approximate surface area is 145 Å². The molecule has 8 nitrogen and oxygen atoms in total. The number of H-pyrrole nitrogens is 1. The highest BCUT2D eigenvalue weighted by atomic mass is 79.9. The van der Waals surface area contributed by atoms with Crippen LogP contribution in [0.25, 0.3) is 0 Å². The van der Waals surface area contributed by atoms with E-state index in [2.05, 4.69) is 37.1 Å². The van der Waals surface area contributed by atoms with Gasteiger partial charge in [-0.15, -0.1) is 0 Å². The molecule has 0 radical (unpaired) electrons. The van der Waals surface area contributed by atoms with E-state index in [1.807, 2.05) is 0 Å². The van der Waals surface area contributed by atoms with Crippen molar-refractivity contribution < 1.29 is 19.1 Å². The Morgan fingerprint density at radius 1 is 1.25 bits per heavy atom. The van der Waals surface area contributed by atoms with Gasteiger partial charge in [-0.2, -0.15) is 0 Å². The molecule has 0 bridgehead atoms. The van der Waals surface area contributed by atoms with Gasteiger partial charge in [-0.05, 0) is 34.1 Å². The lowest BCUT2D eigenvalue weighted by molar-refractivity contribution is -0.130. The van der Waals surface area contributed by atoms with Crippen molar-refractivity contribution in [1.29, 1.82) is 0 Å². The fourth-order valence-corrected chi connectivity index (χ4v) is 2.48. The van der Waals surface area contributed by atoms with Crippen LogP contribution in [-0.2, 0) is 9.59 Å². The monoisotopic (exact) mass is 392 g/mol. The molecule has 3 amide bonds. The summed E-state index contributed by atoms with van der Waals surface area (Å²) in [7, 11) is 0. The predicted molar refractivity (Wildman–Crippen MR) is 88.2 cm³/mol. The summed E-state index contributed by atoms with van der Waals surface area (Å²) in [5.74, 6) is -0.972. The number of hydrogen-bond donors (Lipinski definition) is 4. The van der Waals surface area contributed by atoms with Crippen molar-refractivity contribution in [1.82, 2.24) is 15.8 Å². The summed E-state index contributed by atoms with van der Waals surface area (Å²) in [6.45, 7) is 0. The van der Waals surface area contributed by atoms with Gasteiger partial charge < -0.3 is 15.0 Å². The number of hydrogen-bond acceptors (Lipinski definition) is 4. The molecule has 2 aromatic rings. The lowest BCUT2D eigenvalue weighted by Gasteiger charge is -2.25. The molecule has 1 aliphatic heterocycles. The Kier molecular flexibility index (Phi) is 4.52. The number of para-hydroxylation sites is 2. The fraction of sp³-hybridized carbons (Fsp3) is 0.133. The average molecular weight is 393 g/mol. The number of amides is 3. The molecule has 24 heavy (non-hydrogen) atoms. The van der Waals surface area contributed by atoms with E-state index in [-0.39, 0.29) is 12.1 Å². The molecule has 1 aliphatic rings. The third kappa shape index (κ3) is 3.57. The van der Waals surface area contributed by atoms with Crippen molar-refractivity contribution in [3.63, 3.8) is 0 Å². The van der Waals surface area contributed by atoms with Crippen LogP contribution in [0.3, 0.4) is 0 Å². The van der Waals surface area contributed by atoms with Crippen molar-refractivity contribution in [2.75, 3.05) is 5.32 Å². The molecule has 1 atom stereocenters. The molecule has 0 saturated carbocycles. The molecular weight excluding hydrogens is 380 g/mol. The largest absolute Gasteiger partial charge is 0.478 e. The smallest absolute Gasteiger partial charge is 0.286 e. The van der Waals surface area contributed by atoms with E-state index >= 15 is 0 Å². The van der Waals surface area contributed by atoms with Crippen LogP contribution in [0.5, 0.6) is 5.75 Å².